The number of H-pyrrole nitrogens is 1. The smallest absolute Gasteiger partial charge is 0.264 e. The van der Waals surface area contributed by atoms with Crippen molar-refractivity contribution in [3.63, 3.8) is 0 Å². The molecule has 1 unspecified atom stereocenters. The number of amides is 1. The van der Waals surface area contributed by atoms with Gasteiger partial charge in [0, 0.05) is 22.8 Å². The minimum Gasteiger partial charge on any atom is -0.348 e. The van der Waals surface area contributed by atoms with Crippen LogP contribution in [0.1, 0.15) is 16.8 Å². The number of hydrogen-bond donors (Lipinski definition) is 2. The SMILES string of the molecule is O=C(NC1CCS(=O)(=O)C1)c1cnc(-c2ccc(Cl)cc2)[nH]c1=O. The predicted molar refractivity (Wildman–Crippen MR) is 89.8 cm³/mol. The van der Waals surface area contributed by atoms with Crippen LogP contribution in [0.2, 0.25) is 5.02 Å². The summed E-state index contributed by atoms with van der Waals surface area (Å²) >= 11 is 5.81. The van der Waals surface area contributed by atoms with Gasteiger partial charge in [-0.05, 0) is 30.7 Å². The van der Waals surface area contributed by atoms with E-state index in [1.165, 1.54) is 6.20 Å². The molecule has 3 rings (SSSR count). The molecule has 0 bridgehead atoms. The molecular weight excluding hydrogens is 354 g/mol. The molecule has 1 aromatic heterocycles. The second-order valence-corrected chi connectivity index (χ2v) is 8.22. The van der Waals surface area contributed by atoms with Gasteiger partial charge in [-0.15, -0.1) is 0 Å². The number of benzene rings is 1. The van der Waals surface area contributed by atoms with Crippen LogP contribution in [0.3, 0.4) is 0 Å². The van der Waals surface area contributed by atoms with Crippen molar-refractivity contribution in [2.75, 3.05) is 11.5 Å². The monoisotopic (exact) mass is 367 g/mol. The van der Waals surface area contributed by atoms with Crippen LogP contribution in [0, 0.1) is 0 Å². The molecule has 9 heteroatoms. The highest BCUT2D eigenvalue weighted by Crippen LogP contribution is 2.17. The minimum absolute atomic E-state index is 0.0437. The molecule has 2 N–H and O–H groups in total. The fourth-order valence-corrected chi connectivity index (χ4v) is 4.28. The van der Waals surface area contributed by atoms with Crippen LogP contribution in [0.5, 0.6) is 0 Å². The van der Waals surface area contributed by atoms with Gasteiger partial charge in [0.25, 0.3) is 11.5 Å². The Balaban J connectivity index is 1.78. The van der Waals surface area contributed by atoms with Crippen LogP contribution >= 0.6 is 11.6 Å². The van der Waals surface area contributed by atoms with Gasteiger partial charge in [-0.2, -0.15) is 0 Å². The van der Waals surface area contributed by atoms with Crippen molar-refractivity contribution in [2.45, 2.75) is 12.5 Å². The van der Waals surface area contributed by atoms with Crippen LogP contribution < -0.4 is 10.9 Å². The normalized spacial score (nSPS) is 19.1. The van der Waals surface area contributed by atoms with Crippen molar-refractivity contribution in [2.24, 2.45) is 0 Å². The maximum atomic E-state index is 12.1. The van der Waals surface area contributed by atoms with Crippen molar-refractivity contribution in [3.05, 3.63) is 51.4 Å². The van der Waals surface area contributed by atoms with E-state index in [4.69, 9.17) is 11.6 Å². The number of aromatic nitrogens is 2. The molecule has 7 nitrogen and oxygen atoms in total. The molecule has 0 spiro atoms. The third kappa shape index (κ3) is 3.65. The zero-order chi connectivity index (χ0) is 17.3. The van der Waals surface area contributed by atoms with Crippen molar-refractivity contribution in [1.29, 1.82) is 0 Å². The number of carbonyl (C=O) groups excluding carboxylic acids is 1. The third-order valence-electron chi connectivity index (χ3n) is 3.73. The summed E-state index contributed by atoms with van der Waals surface area (Å²) in [5.74, 6) is -0.375. The zero-order valence-electron chi connectivity index (χ0n) is 12.5. The molecule has 1 saturated heterocycles. The first-order valence-corrected chi connectivity index (χ1v) is 9.40. The van der Waals surface area contributed by atoms with E-state index in [0.717, 1.165) is 0 Å². The van der Waals surface area contributed by atoms with E-state index in [1.54, 1.807) is 24.3 Å². The Hall–Kier alpha value is -2.19. The maximum Gasteiger partial charge on any atom is 0.264 e. The average Bonchev–Trinajstić information content (AvgIpc) is 2.86. The van der Waals surface area contributed by atoms with Gasteiger partial charge in [-0.25, -0.2) is 13.4 Å². The topological polar surface area (TPSA) is 109 Å². The summed E-state index contributed by atoms with van der Waals surface area (Å²) < 4.78 is 22.8. The summed E-state index contributed by atoms with van der Waals surface area (Å²) in [6.07, 6.45) is 1.53. The maximum absolute atomic E-state index is 12.1. The molecule has 0 saturated carbocycles. The Kier molecular flexibility index (Phi) is 4.42. The van der Waals surface area contributed by atoms with Gasteiger partial charge >= 0.3 is 0 Å². The summed E-state index contributed by atoms with van der Waals surface area (Å²) in [6.45, 7) is 0. The lowest BCUT2D eigenvalue weighted by molar-refractivity contribution is 0.0939. The van der Waals surface area contributed by atoms with Gasteiger partial charge in [0.15, 0.2) is 9.84 Å². The molecule has 1 aliphatic heterocycles. The van der Waals surface area contributed by atoms with E-state index in [9.17, 15) is 18.0 Å². The lowest BCUT2D eigenvalue weighted by atomic mass is 10.2. The predicted octanol–water partition coefficient (Wildman–Crippen LogP) is 1.01. The zero-order valence-corrected chi connectivity index (χ0v) is 14.0. The van der Waals surface area contributed by atoms with Gasteiger partial charge in [0.05, 0.1) is 11.5 Å². The highest BCUT2D eigenvalue weighted by Gasteiger charge is 2.29. The molecule has 126 valence electrons. The summed E-state index contributed by atoms with van der Waals surface area (Å²) in [7, 11) is -3.11. The Labute approximate surface area is 143 Å². The van der Waals surface area contributed by atoms with Crippen LogP contribution in [0.4, 0.5) is 0 Å². The standard InChI is InChI=1S/C15H14ClN3O4S/c16-10-3-1-9(2-4-10)13-17-7-12(15(21)19-13)14(20)18-11-5-6-24(22,23)8-11/h1-4,7,11H,5-6,8H2,(H,18,20)(H,17,19,21). The molecule has 1 fully saturated rings. The number of hydrogen-bond acceptors (Lipinski definition) is 5. The highest BCUT2D eigenvalue weighted by atomic mass is 35.5. The lowest BCUT2D eigenvalue weighted by Gasteiger charge is -2.10. The first-order valence-electron chi connectivity index (χ1n) is 7.20. The van der Waals surface area contributed by atoms with E-state index in [2.05, 4.69) is 15.3 Å². The molecule has 1 aromatic carbocycles. The first kappa shape index (κ1) is 16.7. The number of halogens is 1. The Morgan fingerprint density at radius 1 is 1.29 bits per heavy atom. The molecular formula is C15H14ClN3O4S. The minimum atomic E-state index is -3.11. The number of sulfone groups is 1. The first-order chi connectivity index (χ1) is 11.3. The van der Waals surface area contributed by atoms with E-state index in [0.29, 0.717) is 22.8 Å². The number of aromatic amines is 1. The van der Waals surface area contributed by atoms with Crippen molar-refractivity contribution < 1.29 is 13.2 Å². The van der Waals surface area contributed by atoms with Crippen molar-refractivity contribution >= 4 is 27.3 Å². The molecule has 2 aromatic rings. The molecule has 0 radical (unpaired) electrons. The fourth-order valence-electron chi connectivity index (χ4n) is 2.48. The van der Waals surface area contributed by atoms with E-state index in [1.807, 2.05) is 0 Å². The van der Waals surface area contributed by atoms with E-state index >= 15 is 0 Å². The van der Waals surface area contributed by atoms with Gasteiger partial charge in [0.2, 0.25) is 0 Å². The largest absolute Gasteiger partial charge is 0.348 e. The van der Waals surface area contributed by atoms with Crippen LogP contribution in [0.15, 0.2) is 35.3 Å². The second-order valence-electron chi connectivity index (χ2n) is 5.55. The third-order valence-corrected chi connectivity index (χ3v) is 5.75. The average molecular weight is 368 g/mol. The molecule has 1 aliphatic rings. The molecule has 1 atom stereocenters. The summed E-state index contributed by atoms with van der Waals surface area (Å²) in [6, 6.07) is 6.25. The molecule has 0 aliphatic carbocycles. The molecule has 24 heavy (non-hydrogen) atoms. The van der Waals surface area contributed by atoms with Gasteiger partial charge < -0.3 is 10.3 Å². The van der Waals surface area contributed by atoms with Crippen LogP contribution in [0.25, 0.3) is 11.4 Å². The second kappa shape index (κ2) is 6.37. The fraction of sp³-hybridized carbons (Fsp3) is 0.267. The van der Waals surface area contributed by atoms with Crippen LogP contribution in [-0.2, 0) is 9.84 Å². The van der Waals surface area contributed by atoms with E-state index in [-0.39, 0.29) is 17.1 Å². The highest BCUT2D eigenvalue weighted by molar-refractivity contribution is 7.91. The summed E-state index contributed by atoms with van der Waals surface area (Å²) in [5, 5.41) is 3.12. The van der Waals surface area contributed by atoms with Gasteiger partial charge in [-0.1, -0.05) is 11.6 Å². The number of nitrogens with zero attached hydrogens (tertiary/aromatic N) is 1. The Morgan fingerprint density at radius 3 is 2.58 bits per heavy atom. The van der Waals surface area contributed by atoms with Crippen molar-refractivity contribution in [1.82, 2.24) is 15.3 Å². The van der Waals surface area contributed by atoms with Gasteiger partial charge in [0.1, 0.15) is 11.4 Å². The quantitative estimate of drug-likeness (QED) is 0.841. The number of rotatable bonds is 3. The summed E-state index contributed by atoms with van der Waals surface area (Å²) in [5.41, 5.74) is -0.0874. The van der Waals surface area contributed by atoms with Crippen LogP contribution in [-0.4, -0.2) is 41.8 Å². The number of carbonyl (C=O) groups is 1. The Bertz CT molecular complexity index is 938. The Morgan fingerprint density at radius 2 is 2.00 bits per heavy atom. The number of nitrogens with one attached hydrogen (secondary N) is 2. The molecule has 1 amide bonds. The van der Waals surface area contributed by atoms with E-state index < -0.39 is 27.3 Å². The van der Waals surface area contributed by atoms with Crippen molar-refractivity contribution in [3.8, 4) is 11.4 Å². The summed E-state index contributed by atoms with van der Waals surface area (Å²) in [4.78, 5) is 30.9. The lowest BCUT2D eigenvalue weighted by Crippen LogP contribution is -2.38. The molecule has 2 heterocycles. The van der Waals surface area contributed by atoms with Gasteiger partial charge in [-0.3, -0.25) is 9.59 Å².